The zero-order valence-corrected chi connectivity index (χ0v) is 24.7. The van der Waals surface area contributed by atoms with Crippen LogP contribution in [-0.2, 0) is 21.3 Å². The van der Waals surface area contributed by atoms with Crippen molar-refractivity contribution in [3.8, 4) is 0 Å². The van der Waals surface area contributed by atoms with Crippen LogP contribution in [0.4, 0.5) is 9.93 Å². The minimum Gasteiger partial charge on any atom is -0.450 e. The first-order chi connectivity index (χ1) is 19.7. The minimum atomic E-state index is -3.80. The second kappa shape index (κ2) is 11.9. The van der Waals surface area contributed by atoms with Gasteiger partial charge in [-0.15, -0.1) is 0 Å². The van der Waals surface area contributed by atoms with Crippen LogP contribution in [0.15, 0.2) is 65.8 Å². The summed E-state index contributed by atoms with van der Waals surface area (Å²) in [6, 6.07) is 13.8. The molecule has 2 aromatic carbocycles. The Morgan fingerprint density at radius 3 is 2.44 bits per heavy atom. The van der Waals surface area contributed by atoms with E-state index in [1.165, 1.54) is 44.8 Å². The van der Waals surface area contributed by atoms with Gasteiger partial charge in [-0.25, -0.2) is 18.2 Å². The molecule has 12 heteroatoms. The number of hydrogen-bond acceptors (Lipinski definition) is 8. The van der Waals surface area contributed by atoms with Gasteiger partial charge in [0, 0.05) is 44.1 Å². The van der Waals surface area contributed by atoms with E-state index in [0.29, 0.717) is 10.7 Å². The fourth-order valence-corrected chi connectivity index (χ4v) is 7.22. The van der Waals surface area contributed by atoms with Crippen LogP contribution in [0.3, 0.4) is 0 Å². The van der Waals surface area contributed by atoms with E-state index in [1.807, 2.05) is 32.0 Å². The summed E-state index contributed by atoms with van der Waals surface area (Å²) in [6.07, 6.45) is 2.94. The van der Waals surface area contributed by atoms with Crippen LogP contribution in [0, 0.1) is 13.8 Å². The summed E-state index contributed by atoms with van der Waals surface area (Å²) >= 11 is 1.45. The molecule has 1 fully saturated rings. The van der Waals surface area contributed by atoms with Gasteiger partial charge in [-0.2, -0.15) is 4.31 Å². The number of sulfonamides is 1. The number of aromatic nitrogens is 2. The van der Waals surface area contributed by atoms with Gasteiger partial charge in [-0.3, -0.25) is 14.7 Å². The van der Waals surface area contributed by atoms with Crippen LogP contribution in [0.5, 0.6) is 0 Å². The van der Waals surface area contributed by atoms with Gasteiger partial charge >= 0.3 is 6.09 Å². The third-order valence-corrected chi connectivity index (χ3v) is 9.99. The lowest BCUT2D eigenvalue weighted by Gasteiger charge is -2.33. The van der Waals surface area contributed by atoms with E-state index >= 15 is 0 Å². The number of carbonyl (C=O) groups is 2. The summed E-state index contributed by atoms with van der Waals surface area (Å²) in [4.78, 5) is 38.0. The second-order valence-electron chi connectivity index (χ2n) is 9.79. The quantitative estimate of drug-likeness (QED) is 0.307. The molecule has 0 N–H and O–H groups in total. The summed E-state index contributed by atoms with van der Waals surface area (Å²) in [5, 5.41) is 0.554. The summed E-state index contributed by atoms with van der Waals surface area (Å²) in [6.45, 7) is 7.12. The maximum atomic E-state index is 13.9. The van der Waals surface area contributed by atoms with Crippen LogP contribution in [0.1, 0.15) is 34.0 Å². The van der Waals surface area contributed by atoms with Crippen molar-refractivity contribution >= 4 is 48.7 Å². The van der Waals surface area contributed by atoms with E-state index in [9.17, 15) is 18.0 Å². The van der Waals surface area contributed by atoms with Gasteiger partial charge < -0.3 is 9.64 Å². The Kier molecular flexibility index (Phi) is 8.34. The first kappa shape index (κ1) is 28.7. The molecule has 2 amide bonds. The Bertz CT molecular complexity index is 1670. The first-order valence-corrected chi connectivity index (χ1v) is 15.5. The van der Waals surface area contributed by atoms with Crippen LogP contribution in [0.25, 0.3) is 10.2 Å². The molecule has 0 aliphatic carbocycles. The Morgan fingerprint density at radius 2 is 1.78 bits per heavy atom. The summed E-state index contributed by atoms with van der Waals surface area (Å²) in [7, 11) is -3.80. The van der Waals surface area contributed by atoms with Gasteiger partial charge in [0.05, 0.1) is 28.3 Å². The molecule has 0 spiro atoms. The molecule has 1 aliphatic rings. The molecule has 0 unspecified atom stereocenters. The largest absolute Gasteiger partial charge is 0.450 e. The molecule has 0 radical (unpaired) electrons. The number of carbonyl (C=O) groups excluding carboxylic acids is 2. The second-order valence-corrected chi connectivity index (χ2v) is 12.7. The van der Waals surface area contributed by atoms with Crippen molar-refractivity contribution in [2.75, 3.05) is 37.7 Å². The highest BCUT2D eigenvalue weighted by Gasteiger charge is 2.31. The van der Waals surface area contributed by atoms with E-state index in [2.05, 4.69) is 11.1 Å². The van der Waals surface area contributed by atoms with E-state index in [0.717, 1.165) is 26.9 Å². The van der Waals surface area contributed by atoms with E-state index < -0.39 is 16.1 Å². The van der Waals surface area contributed by atoms with Gasteiger partial charge in [-0.05, 0) is 73.9 Å². The van der Waals surface area contributed by atoms with Crippen molar-refractivity contribution in [3.05, 3.63) is 83.2 Å². The molecule has 1 saturated heterocycles. The summed E-state index contributed by atoms with van der Waals surface area (Å²) in [5.41, 5.74) is 4.20. The normalized spacial score (nSPS) is 14.3. The number of amides is 2. The monoisotopic (exact) mass is 593 g/mol. The number of pyridine rings is 1. The number of aryl methyl sites for hydroxylation is 2. The third-order valence-electron chi connectivity index (χ3n) is 6.85. The number of fused-ring (bicyclic) bond motifs is 1. The smallest absolute Gasteiger partial charge is 0.409 e. The molecule has 3 heterocycles. The number of anilines is 1. The van der Waals surface area contributed by atoms with Crippen LogP contribution in [-0.4, -0.2) is 72.4 Å². The predicted molar refractivity (Wildman–Crippen MR) is 158 cm³/mol. The van der Waals surface area contributed by atoms with Crippen molar-refractivity contribution in [2.24, 2.45) is 0 Å². The van der Waals surface area contributed by atoms with Gasteiger partial charge in [0.15, 0.2) is 5.13 Å². The predicted octanol–water partition coefficient (Wildman–Crippen LogP) is 4.62. The highest BCUT2D eigenvalue weighted by Crippen LogP contribution is 2.34. The number of thiazole rings is 1. The number of nitrogens with zero attached hydrogens (tertiary/aromatic N) is 5. The van der Waals surface area contributed by atoms with E-state index in [4.69, 9.17) is 9.72 Å². The number of hydrogen-bond donors (Lipinski definition) is 0. The standard InChI is InChI=1S/C29H31N5O5S2/c1-4-39-29(36)32-12-14-33(15-13-32)41(37,38)24-9-7-23(8-10-24)27(35)34(19-22-6-5-11-30-18-22)28-31-25-17-20(2)16-21(3)26(25)40-28/h5-11,16-18H,4,12-15,19H2,1-3H3. The number of piperazine rings is 1. The van der Waals surface area contributed by atoms with Crippen molar-refractivity contribution in [3.63, 3.8) is 0 Å². The average Bonchev–Trinajstić information content (AvgIpc) is 3.40. The third kappa shape index (κ3) is 6.09. The van der Waals surface area contributed by atoms with Crippen LogP contribution < -0.4 is 4.90 Å². The molecule has 10 nitrogen and oxygen atoms in total. The lowest BCUT2D eigenvalue weighted by molar-refractivity contribution is 0.0933. The lowest BCUT2D eigenvalue weighted by atomic mass is 10.1. The summed E-state index contributed by atoms with van der Waals surface area (Å²) in [5.74, 6) is -0.297. The maximum Gasteiger partial charge on any atom is 0.409 e. The Morgan fingerprint density at radius 1 is 1.05 bits per heavy atom. The molecule has 214 valence electrons. The zero-order chi connectivity index (χ0) is 29.1. The molecule has 0 saturated carbocycles. The van der Waals surface area contributed by atoms with Gasteiger partial charge in [0.2, 0.25) is 10.0 Å². The first-order valence-electron chi connectivity index (χ1n) is 13.3. The van der Waals surface area contributed by atoms with Gasteiger partial charge in [0.25, 0.3) is 5.91 Å². The topological polar surface area (TPSA) is 113 Å². The van der Waals surface area contributed by atoms with Crippen molar-refractivity contribution in [1.29, 1.82) is 0 Å². The summed E-state index contributed by atoms with van der Waals surface area (Å²) < 4.78 is 34.0. The lowest BCUT2D eigenvalue weighted by Crippen LogP contribution is -2.50. The molecule has 0 bridgehead atoms. The average molecular weight is 594 g/mol. The molecule has 1 aliphatic heterocycles. The van der Waals surface area contributed by atoms with Crippen LogP contribution in [0.2, 0.25) is 0 Å². The van der Waals surface area contributed by atoms with Crippen molar-refractivity contribution in [2.45, 2.75) is 32.2 Å². The number of rotatable bonds is 7. The highest BCUT2D eigenvalue weighted by atomic mass is 32.2. The molecular weight excluding hydrogens is 562 g/mol. The molecule has 41 heavy (non-hydrogen) atoms. The SMILES string of the molecule is CCOC(=O)N1CCN(S(=O)(=O)c2ccc(C(=O)N(Cc3cccnc3)c3nc4cc(C)cc(C)c4s3)cc2)CC1. The Labute approximate surface area is 243 Å². The number of benzene rings is 2. The fraction of sp³-hybridized carbons (Fsp3) is 0.310. The highest BCUT2D eigenvalue weighted by molar-refractivity contribution is 7.89. The van der Waals surface area contributed by atoms with Gasteiger partial charge in [0.1, 0.15) is 0 Å². The van der Waals surface area contributed by atoms with Gasteiger partial charge in [-0.1, -0.05) is 23.5 Å². The van der Waals surface area contributed by atoms with Crippen molar-refractivity contribution < 1.29 is 22.7 Å². The minimum absolute atomic E-state index is 0.0866. The Hall–Kier alpha value is -3.87. The van der Waals surface area contributed by atoms with E-state index in [1.54, 1.807) is 24.2 Å². The Balaban J connectivity index is 1.39. The molecule has 4 aromatic rings. The zero-order valence-electron chi connectivity index (χ0n) is 23.1. The molecule has 5 rings (SSSR count). The van der Waals surface area contributed by atoms with E-state index in [-0.39, 0.29) is 50.1 Å². The molecule has 0 atom stereocenters. The molecular formula is C29H31N5O5S2. The number of ether oxygens (including phenoxy) is 1. The van der Waals surface area contributed by atoms with Crippen molar-refractivity contribution in [1.82, 2.24) is 19.2 Å². The fourth-order valence-electron chi connectivity index (χ4n) is 4.78. The van der Waals surface area contributed by atoms with Crippen LogP contribution >= 0.6 is 11.3 Å². The maximum absolute atomic E-state index is 13.9. The molecule has 2 aromatic heterocycles.